The Kier molecular flexibility index (Phi) is 8.69. The highest BCUT2D eigenvalue weighted by atomic mass is 16.5. The lowest BCUT2D eigenvalue weighted by molar-refractivity contribution is -0.149. The van der Waals surface area contributed by atoms with Crippen molar-refractivity contribution in [1.29, 1.82) is 0 Å². The summed E-state index contributed by atoms with van der Waals surface area (Å²) in [7, 11) is 0. The molecule has 8 heteroatoms. The summed E-state index contributed by atoms with van der Waals surface area (Å²) in [5, 5.41) is 12.4. The van der Waals surface area contributed by atoms with E-state index < -0.39 is 30.1 Å². The van der Waals surface area contributed by atoms with Crippen molar-refractivity contribution >= 4 is 18.0 Å². The molecule has 0 spiro atoms. The maximum Gasteiger partial charge on any atom is 0.407 e. The van der Waals surface area contributed by atoms with Crippen LogP contribution < -0.4 is 5.32 Å². The van der Waals surface area contributed by atoms with Crippen LogP contribution >= 0.6 is 0 Å². The topological polar surface area (TPSA) is 105 Å². The van der Waals surface area contributed by atoms with Crippen molar-refractivity contribution in [2.45, 2.75) is 57.4 Å². The van der Waals surface area contributed by atoms with Gasteiger partial charge in [-0.3, -0.25) is 9.59 Å². The number of hydrogen-bond donors (Lipinski definition) is 2. The van der Waals surface area contributed by atoms with Crippen molar-refractivity contribution in [3.8, 4) is 11.1 Å². The second-order valence-corrected chi connectivity index (χ2v) is 10.9. The van der Waals surface area contributed by atoms with Gasteiger partial charge in [-0.15, -0.1) is 0 Å². The molecule has 3 aromatic rings. The molecule has 1 fully saturated rings. The Bertz CT molecular complexity index is 1350. The van der Waals surface area contributed by atoms with Crippen molar-refractivity contribution < 1.29 is 29.0 Å². The Balaban J connectivity index is 1.30. The molecule has 0 aromatic heterocycles. The first-order valence-electron chi connectivity index (χ1n) is 14.1. The lowest BCUT2D eigenvalue weighted by atomic mass is 9.92. The summed E-state index contributed by atoms with van der Waals surface area (Å²) < 4.78 is 11.8. The Morgan fingerprint density at radius 3 is 2.17 bits per heavy atom. The number of fused-ring (bicyclic) bond motifs is 3. The summed E-state index contributed by atoms with van der Waals surface area (Å²) in [5.74, 6) is -2.07. The van der Waals surface area contributed by atoms with Gasteiger partial charge in [-0.2, -0.15) is 0 Å². The Labute approximate surface area is 240 Å². The fourth-order valence-electron chi connectivity index (χ4n) is 5.84. The molecular weight excluding hydrogens is 520 g/mol. The molecule has 1 saturated heterocycles. The number of rotatable bonds is 9. The molecule has 3 aromatic carbocycles. The number of carbonyl (C=O) groups is 3. The molecule has 214 valence electrons. The third kappa shape index (κ3) is 6.28. The fourth-order valence-corrected chi connectivity index (χ4v) is 5.84. The number of carboxylic acid groups (broad SMARTS) is 1. The predicted molar refractivity (Wildman–Crippen MR) is 154 cm³/mol. The van der Waals surface area contributed by atoms with E-state index >= 15 is 0 Å². The molecule has 0 radical (unpaired) electrons. The van der Waals surface area contributed by atoms with E-state index in [-0.39, 0.29) is 37.6 Å². The third-order valence-corrected chi connectivity index (χ3v) is 8.22. The maximum absolute atomic E-state index is 13.8. The average Bonchev–Trinajstić information content (AvgIpc) is 3.31. The highest BCUT2D eigenvalue weighted by molar-refractivity contribution is 5.87. The van der Waals surface area contributed by atoms with Gasteiger partial charge >= 0.3 is 12.1 Å². The summed E-state index contributed by atoms with van der Waals surface area (Å²) >= 11 is 0. The van der Waals surface area contributed by atoms with Crippen molar-refractivity contribution in [3.05, 3.63) is 95.6 Å². The number of aliphatic carboxylic acids is 1. The number of piperidine rings is 1. The summed E-state index contributed by atoms with van der Waals surface area (Å²) in [6.45, 7) is 4.09. The molecule has 0 saturated carbocycles. The minimum absolute atomic E-state index is 0.0869. The van der Waals surface area contributed by atoms with Crippen LogP contribution in [0.2, 0.25) is 0 Å². The Morgan fingerprint density at radius 1 is 0.927 bits per heavy atom. The maximum atomic E-state index is 13.8. The highest BCUT2D eigenvalue weighted by Gasteiger charge is 2.39. The lowest BCUT2D eigenvalue weighted by Crippen LogP contribution is -2.58. The number of nitrogens with zero attached hydrogens (tertiary/aromatic N) is 1. The first-order chi connectivity index (χ1) is 19.8. The van der Waals surface area contributed by atoms with E-state index in [0.717, 1.165) is 27.8 Å². The summed E-state index contributed by atoms with van der Waals surface area (Å²) in [4.78, 5) is 40.3. The zero-order chi connectivity index (χ0) is 28.9. The first-order valence-corrected chi connectivity index (χ1v) is 14.1. The first kappa shape index (κ1) is 28.4. The number of hydrogen-bond acceptors (Lipinski definition) is 5. The van der Waals surface area contributed by atoms with Crippen molar-refractivity contribution in [2.75, 3.05) is 13.2 Å². The van der Waals surface area contributed by atoms with Crippen LogP contribution in [-0.2, 0) is 25.7 Å². The van der Waals surface area contributed by atoms with Gasteiger partial charge in [-0.1, -0.05) is 78.9 Å². The van der Waals surface area contributed by atoms with E-state index in [1.54, 1.807) is 11.8 Å². The molecule has 1 aliphatic carbocycles. The normalized spacial score (nSPS) is 19.5. The molecular formula is C33H36N2O6. The third-order valence-electron chi connectivity index (χ3n) is 8.22. The van der Waals surface area contributed by atoms with Crippen LogP contribution in [0.25, 0.3) is 11.1 Å². The number of ether oxygens (including phenoxy) is 2. The summed E-state index contributed by atoms with van der Waals surface area (Å²) in [6.07, 6.45) is -0.342. The largest absolute Gasteiger partial charge is 0.481 e. The van der Waals surface area contributed by atoms with Crippen LogP contribution in [0.3, 0.4) is 0 Å². The van der Waals surface area contributed by atoms with Crippen LogP contribution in [0.5, 0.6) is 0 Å². The minimum atomic E-state index is -1.05. The number of carbonyl (C=O) groups excluding carboxylic acids is 2. The number of likely N-dealkylation sites (tertiary alicyclic amines) is 1. The molecule has 2 amide bonds. The number of nitrogens with one attached hydrogen (secondary N) is 1. The number of alkyl carbamates (subject to hydrolysis) is 1. The monoisotopic (exact) mass is 556 g/mol. The Morgan fingerprint density at radius 2 is 1.54 bits per heavy atom. The van der Waals surface area contributed by atoms with Gasteiger partial charge in [-0.25, -0.2) is 4.79 Å². The zero-order valence-electron chi connectivity index (χ0n) is 23.4. The minimum Gasteiger partial charge on any atom is -0.481 e. The van der Waals surface area contributed by atoms with E-state index in [2.05, 4.69) is 17.4 Å². The molecule has 1 aliphatic heterocycles. The van der Waals surface area contributed by atoms with Gasteiger partial charge in [0.2, 0.25) is 5.91 Å². The van der Waals surface area contributed by atoms with Gasteiger partial charge in [0.15, 0.2) is 0 Å². The quantitative estimate of drug-likeness (QED) is 0.375. The average molecular weight is 557 g/mol. The summed E-state index contributed by atoms with van der Waals surface area (Å²) in [6, 6.07) is 24.5. The van der Waals surface area contributed by atoms with Gasteiger partial charge in [0.25, 0.3) is 0 Å². The van der Waals surface area contributed by atoms with Crippen molar-refractivity contribution in [2.24, 2.45) is 5.92 Å². The van der Waals surface area contributed by atoms with E-state index in [1.165, 1.54) is 0 Å². The SMILES string of the molecule is CC1CCC(C(=O)O)CN1C(=O)[C@H](NC(=O)OCC1c2ccccc2-c2ccccc21)[C@H](C)OCc1ccccc1. The fraction of sp³-hybridized carbons (Fsp3) is 0.364. The molecule has 1 heterocycles. The van der Waals surface area contributed by atoms with Gasteiger partial charge in [0, 0.05) is 18.5 Å². The van der Waals surface area contributed by atoms with Crippen molar-refractivity contribution in [3.63, 3.8) is 0 Å². The molecule has 2 N–H and O–H groups in total. The molecule has 0 bridgehead atoms. The molecule has 4 atom stereocenters. The highest BCUT2D eigenvalue weighted by Crippen LogP contribution is 2.44. The Hall–Kier alpha value is -4.17. The van der Waals surface area contributed by atoms with Gasteiger partial charge in [0.1, 0.15) is 12.6 Å². The number of amides is 2. The van der Waals surface area contributed by atoms with Crippen LogP contribution in [0.1, 0.15) is 49.3 Å². The van der Waals surface area contributed by atoms with Crippen LogP contribution in [-0.4, -0.2) is 59.3 Å². The molecule has 8 nitrogen and oxygen atoms in total. The van der Waals surface area contributed by atoms with Gasteiger partial charge < -0.3 is 24.8 Å². The lowest BCUT2D eigenvalue weighted by Gasteiger charge is -2.39. The molecule has 5 rings (SSSR count). The van der Waals surface area contributed by atoms with Crippen molar-refractivity contribution in [1.82, 2.24) is 10.2 Å². The standard InChI is InChI=1S/C33H36N2O6/c1-21-16-17-24(32(37)38)18-35(21)31(36)30(22(2)40-19-23-10-4-3-5-11-23)34-33(39)41-20-29-27-14-8-6-12-25(27)26-13-7-9-15-28(26)29/h3-15,21-22,24,29-30H,16-20H2,1-2H3,(H,34,39)(H,37,38)/t21?,22-,24?,30+/m0/s1. The second-order valence-electron chi connectivity index (χ2n) is 10.9. The van der Waals surface area contributed by atoms with E-state index in [0.29, 0.717) is 12.8 Å². The predicted octanol–water partition coefficient (Wildman–Crippen LogP) is 5.21. The van der Waals surface area contributed by atoms with E-state index in [9.17, 15) is 19.5 Å². The van der Waals surface area contributed by atoms with E-state index in [4.69, 9.17) is 9.47 Å². The smallest absolute Gasteiger partial charge is 0.407 e. The van der Waals surface area contributed by atoms with Gasteiger partial charge in [-0.05, 0) is 54.5 Å². The molecule has 2 unspecified atom stereocenters. The number of carboxylic acids is 1. The van der Waals surface area contributed by atoms with Crippen LogP contribution in [0, 0.1) is 5.92 Å². The number of benzene rings is 3. The molecule has 2 aliphatic rings. The zero-order valence-corrected chi connectivity index (χ0v) is 23.4. The summed E-state index contributed by atoms with van der Waals surface area (Å²) in [5.41, 5.74) is 5.37. The van der Waals surface area contributed by atoms with Crippen LogP contribution in [0.4, 0.5) is 4.79 Å². The second kappa shape index (κ2) is 12.6. The van der Waals surface area contributed by atoms with Crippen LogP contribution in [0.15, 0.2) is 78.9 Å². The van der Waals surface area contributed by atoms with E-state index in [1.807, 2.05) is 73.7 Å². The van der Waals surface area contributed by atoms with Gasteiger partial charge in [0.05, 0.1) is 18.6 Å². The molecule has 41 heavy (non-hydrogen) atoms.